The highest BCUT2D eigenvalue weighted by atomic mass is 32.1. The lowest BCUT2D eigenvalue weighted by molar-refractivity contribution is -0.274. The first-order chi connectivity index (χ1) is 14.3. The third-order valence-electron chi connectivity index (χ3n) is 3.79. The highest BCUT2D eigenvalue weighted by Gasteiger charge is 2.32. The van der Waals surface area contributed by atoms with E-state index in [0.717, 1.165) is 11.4 Å². The second-order valence-electron chi connectivity index (χ2n) is 5.96. The van der Waals surface area contributed by atoms with Crippen molar-refractivity contribution in [3.05, 3.63) is 65.2 Å². The van der Waals surface area contributed by atoms with Gasteiger partial charge in [0.05, 0.1) is 6.61 Å². The Labute approximate surface area is 174 Å². The van der Waals surface area contributed by atoms with E-state index in [4.69, 9.17) is 4.74 Å². The first-order valence-corrected chi connectivity index (χ1v) is 9.79. The molecule has 1 amide bonds. The number of carbonyl (C=O) groups is 1. The lowest BCUT2D eigenvalue weighted by Crippen LogP contribution is -2.24. The molecule has 30 heavy (non-hydrogen) atoms. The summed E-state index contributed by atoms with van der Waals surface area (Å²) in [6.45, 7) is 2.34. The van der Waals surface area contributed by atoms with Crippen molar-refractivity contribution in [3.8, 4) is 11.5 Å². The van der Waals surface area contributed by atoms with Crippen molar-refractivity contribution in [1.29, 1.82) is 0 Å². The van der Waals surface area contributed by atoms with Gasteiger partial charge in [-0.1, -0.05) is 18.2 Å². The fourth-order valence-corrected chi connectivity index (χ4v) is 3.21. The predicted molar refractivity (Wildman–Crippen MR) is 107 cm³/mol. The Morgan fingerprint density at radius 1 is 1.13 bits per heavy atom. The quantitative estimate of drug-likeness (QED) is 0.512. The molecule has 1 heterocycles. The van der Waals surface area contributed by atoms with Crippen LogP contribution in [0.4, 0.5) is 24.0 Å². The Morgan fingerprint density at radius 2 is 1.87 bits per heavy atom. The van der Waals surface area contributed by atoms with Gasteiger partial charge in [0, 0.05) is 23.2 Å². The van der Waals surface area contributed by atoms with Gasteiger partial charge in [-0.05, 0) is 37.3 Å². The van der Waals surface area contributed by atoms with Gasteiger partial charge in [0.2, 0.25) is 0 Å². The molecule has 158 valence electrons. The van der Waals surface area contributed by atoms with E-state index in [-0.39, 0.29) is 23.6 Å². The summed E-state index contributed by atoms with van der Waals surface area (Å²) in [7, 11) is 0. The van der Waals surface area contributed by atoms with Gasteiger partial charge >= 0.3 is 6.36 Å². The van der Waals surface area contributed by atoms with Crippen molar-refractivity contribution in [2.75, 3.05) is 11.9 Å². The zero-order valence-electron chi connectivity index (χ0n) is 15.8. The number of benzene rings is 2. The fraction of sp³-hybridized carbons (Fsp3) is 0.200. The summed E-state index contributed by atoms with van der Waals surface area (Å²) < 4.78 is 46.8. The summed E-state index contributed by atoms with van der Waals surface area (Å²) in [5, 5.41) is 7.70. The van der Waals surface area contributed by atoms with Crippen molar-refractivity contribution in [3.63, 3.8) is 0 Å². The van der Waals surface area contributed by atoms with Crippen LogP contribution < -0.4 is 20.1 Å². The first-order valence-electron chi connectivity index (χ1n) is 8.91. The standard InChI is InChI=1S/C20H18F3N3O3S/c1-2-28-15-9-7-14(8-10-15)25-19-26-16(12-30-19)18(27)24-11-13-5-3-4-6-17(13)29-20(21,22)23/h3-10,12H,2,11H2,1H3,(H,24,27)(H,25,26). The van der Waals surface area contributed by atoms with Gasteiger partial charge in [0.15, 0.2) is 5.13 Å². The second kappa shape index (κ2) is 9.49. The largest absolute Gasteiger partial charge is 0.573 e. The molecule has 1 aromatic heterocycles. The van der Waals surface area contributed by atoms with Gasteiger partial charge in [-0.2, -0.15) is 0 Å². The Kier molecular flexibility index (Phi) is 6.78. The molecule has 0 bridgehead atoms. The van der Waals surface area contributed by atoms with Crippen molar-refractivity contribution < 1.29 is 27.4 Å². The minimum absolute atomic E-state index is 0.135. The van der Waals surface area contributed by atoms with E-state index in [0.29, 0.717) is 11.7 Å². The number of alkyl halides is 3. The minimum Gasteiger partial charge on any atom is -0.494 e. The first kappa shape index (κ1) is 21.4. The molecule has 0 unspecified atom stereocenters. The Morgan fingerprint density at radius 3 is 2.57 bits per heavy atom. The smallest absolute Gasteiger partial charge is 0.494 e. The third kappa shape index (κ3) is 6.11. The number of nitrogens with zero attached hydrogens (tertiary/aromatic N) is 1. The summed E-state index contributed by atoms with van der Waals surface area (Å²) >= 11 is 1.23. The van der Waals surface area contributed by atoms with Crippen molar-refractivity contribution in [2.45, 2.75) is 19.8 Å². The van der Waals surface area contributed by atoms with Crippen LogP contribution in [0.3, 0.4) is 0 Å². The van der Waals surface area contributed by atoms with Crippen molar-refractivity contribution >= 4 is 28.1 Å². The van der Waals surface area contributed by atoms with Crippen LogP contribution in [0.25, 0.3) is 0 Å². The number of para-hydroxylation sites is 1. The van der Waals surface area contributed by atoms with E-state index in [2.05, 4.69) is 20.4 Å². The number of ether oxygens (including phenoxy) is 2. The van der Waals surface area contributed by atoms with Crippen LogP contribution in [0.1, 0.15) is 23.0 Å². The summed E-state index contributed by atoms with van der Waals surface area (Å²) in [4.78, 5) is 16.5. The number of aromatic nitrogens is 1. The second-order valence-corrected chi connectivity index (χ2v) is 6.82. The Bertz CT molecular complexity index is 991. The molecule has 0 saturated carbocycles. The van der Waals surface area contributed by atoms with Gasteiger partial charge in [-0.15, -0.1) is 24.5 Å². The van der Waals surface area contributed by atoms with Gasteiger partial charge in [0.1, 0.15) is 17.2 Å². The van der Waals surface area contributed by atoms with E-state index in [1.165, 1.54) is 29.5 Å². The summed E-state index contributed by atoms with van der Waals surface area (Å²) in [5.74, 6) is -0.119. The maximum Gasteiger partial charge on any atom is 0.573 e. The molecule has 0 aliphatic carbocycles. The number of nitrogens with one attached hydrogen (secondary N) is 2. The zero-order valence-corrected chi connectivity index (χ0v) is 16.6. The van der Waals surface area contributed by atoms with E-state index in [9.17, 15) is 18.0 Å². The minimum atomic E-state index is -4.81. The van der Waals surface area contributed by atoms with Crippen molar-refractivity contribution in [2.24, 2.45) is 0 Å². The molecule has 0 radical (unpaired) electrons. The highest BCUT2D eigenvalue weighted by Crippen LogP contribution is 2.26. The number of carbonyl (C=O) groups excluding carboxylic acids is 1. The molecule has 0 atom stereocenters. The molecule has 10 heteroatoms. The molecule has 0 aliphatic heterocycles. The molecule has 2 aromatic carbocycles. The average Bonchev–Trinajstić information content (AvgIpc) is 3.16. The maximum atomic E-state index is 12.5. The molecule has 0 aliphatic rings. The maximum absolute atomic E-state index is 12.5. The van der Waals surface area contributed by atoms with Gasteiger partial charge in [-0.3, -0.25) is 4.79 Å². The number of amides is 1. The van der Waals surface area contributed by atoms with E-state index in [1.54, 1.807) is 11.4 Å². The van der Waals surface area contributed by atoms with Gasteiger partial charge < -0.3 is 20.1 Å². The molecule has 0 fully saturated rings. The Hall–Kier alpha value is -3.27. The molecule has 3 rings (SSSR count). The normalized spacial score (nSPS) is 11.1. The number of rotatable bonds is 8. The highest BCUT2D eigenvalue weighted by molar-refractivity contribution is 7.14. The van der Waals surface area contributed by atoms with Crippen molar-refractivity contribution in [1.82, 2.24) is 10.3 Å². The van der Waals surface area contributed by atoms with Gasteiger partial charge in [0.25, 0.3) is 5.91 Å². The van der Waals surface area contributed by atoms with Gasteiger partial charge in [-0.25, -0.2) is 4.98 Å². The molecule has 0 spiro atoms. The van der Waals surface area contributed by atoms with E-state index in [1.807, 2.05) is 31.2 Å². The lowest BCUT2D eigenvalue weighted by atomic mass is 10.2. The van der Waals surface area contributed by atoms with Crippen LogP contribution in [0.2, 0.25) is 0 Å². The Balaban J connectivity index is 1.59. The average molecular weight is 437 g/mol. The van der Waals surface area contributed by atoms with E-state index >= 15 is 0 Å². The van der Waals surface area contributed by atoms with Crippen LogP contribution >= 0.6 is 11.3 Å². The summed E-state index contributed by atoms with van der Waals surface area (Å²) in [6.07, 6.45) is -4.81. The van der Waals surface area contributed by atoms with Crippen LogP contribution in [0, 0.1) is 0 Å². The van der Waals surface area contributed by atoms with Crippen LogP contribution in [0.5, 0.6) is 11.5 Å². The molecular weight excluding hydrogens is 419 g/mol. The zero-order chi connectivity index (χ0) is 21.6. The number of hydrogen-bond donors (Lipinski definition) is 2. The van der Waals surface area contributed by atoms with E-state index < -0.39 is 12.3 Å². The number of hydrogen-bond acceptors (Lipinski definition) is 6. The predicted octanol–water partition coefficient (Wildman–Crippen LogP) is 5.11. The van der Waals surface area contributed by atoms with Crippen LogP contribution in [0.15, 0.2) is 53.9 Å². The van der Waals surface area contributed by atoms with Crippen LogP contribution in [-0.4, -0.2) is 23.9 Å². The molecular formula is C20H18F3N3O3S. The molecule has 6 nitrogen and oxygen atoms in total. The number of halogens is 3. The topological polar surface area (TPSA) is 72.5 Å². The third-order valence-corrected chi connectivity index (χ3v) is 4.55. The number of anilines is 2. The summed E-state index contributed by atoms with van der Waals surface area (Å²) in [5.41, 5.74) is 1.13. The van der Waals surface area contributed by atoms with Crippen LogP contribution in [-0.2, 0) is 6.54 Å². The lowest BCUT2D eigenvalue weighted by Gasteiger charge is -2.13. The molecule has 2 N–H and O–H groups in total. The molecule has 0 saturated heterocycles. The fourth-order valence-electron chi connectivity index (χ4n) is 2.50. The summed E-state index contributed by atoms with van der Waals surface area (Å²) in [6, 6.07) is 12.9. The SMILES string of the molecule is CCOc1ccc(Nc2nc(C(=O)NCc3ccccc3OC(F)(F)F)cs2)cc1. The number of thiazole rings is 1. The monoisotopic (exact) mass is 437 g/mol. The molecule has 3 aromatic rings.